The Morgan fingerprint density at radius 1 is 1.41 bits per heavy atom. The van der Waals surface area contributed by atoms with E-state index in [0.29, 0.717) is 12.0 Å². The van der Waals surface area contributed by atoms with E-state index in [1.807, 2.05) is 4.90 Å². The SMILES string of the molecule is C[C@H](CNC(=O)N1CC[C@@H](N2CCCC2)C1)Cc1cccs1. The van der Waals surface area contributed by atoms with Crippen LogP contribution < -0.4 is 5.32 Å². The van der Waals surface area contributed by atoms with Crippen LogP contribution in [0.2, 0.25) is 0 Å². The van der Waals surface area contributed by atoms with Crippen molar-refractivity contribution in [3.05, 3.63) is 22.4 Å². The van der Waals surface area contributed by atoms with E-state index in [-0.39, 0.29) is 6.03 Å². The van der Waals surface area contributed by atoms with E-state index in [1.54, 1.807) is 11.3 Å². The van der Waals surface area contributed by atoms with Crippen molar-refractivity contribution in [2.75, 3.05) is 32.7 Å². The molecule has 1 N–H and O–H groups in total. The standard InChI is InChI=1S/C17H27N3OS/c1-14(11-16-5-4-10-22-16)12-18-17(21)20-9-6-15(13-20)19-7-2-3-8-19/h4-5,10,14-15H,2-3,6-9,11-13H2,1H3,(H,18,21)/t14-,15+/m0/s1. The van der Waals surface area contributed by atoms with Crippen LogP contribution in [-0.4, -0.2) is 54.6 Å². The third kappa shape index (κ3) is 4.02. The zero-order valence-electron chi connectivity index (χ0n) is 13.5. The monoisotopic (exact) mass is 321 g/mol. The molecule has 0 saturated carbocycles. The maximum atomic E-state index is 12.3. The van der Waals surface area contributed by atoms with E-state index in [0.717, 1.165) is 32.5 Å². The van der Waals surface area contributed by atoms with E-state index in [4.69, 9.17) is 0 Å². The predicted molar refractivity (Wildman–Crippen MR) is 91.4 cm³/mol. The Bertz CT molecular complexity index is 470. The lowest BCUT2D eigenvalue weighted by Gasteiger charge is -2.24. The first-order valence-corrected chi connectivity index (χ1v) is 9.39. The molecule has 2 fully saturated rings. The lowest BCUT2D eigenvalue weighted by Crippen LogP contribution is -2.42. The summed E-state index contributed by atoms with van der Waals surface area (Å²) in [7, 11) is 0. The Morgan fingerprint density at radius 2 is 2.23 bits per heavy atom. The van der Waals surface area contributed by atoms with Crippen LogP contribution in [0.4, 0.5) is 4.79 Å². The third-order valence-corrected chi connectivity index (χ3v) is 5.74. The predicted octanol–water partition coefficient (Wildman–Crippen LogP) is 2.81. The lowest BCUT2D eigenvalue weighted by atomic mass is 10.1. The molecule has 3 heterocycles. The molecular weight excluding hydrogens is 294 g/mol. The van der Waals surface area contributed by atoms with E-state index in [9.17, 15) is 4.79 Å². The summed E-state index contributed by atoms with van der Waals surface area (Å²) >= 11 is 1.80. The molecule has 5 heteroatoms. The Balaban J connectivity index is 1.38. The molecule has 0 aliphatic carbocycles. The van der Waals surface area contributed by atoms with E-state index >= 15 is 0 Å². The van der Waals surface area contributed by atoms with Gasteiger partial charge in [-0.05, 0) is 56.1 Å². The number of nitrogens with zero attached hydrogens (tertiary/aromatic N) is 2. The molecular formula is C17H27N3OS. The summed E-state index contributed by atoms with van der Waals surface area (Å²) in [6.07, 6.45) is 4.83. The highest BCUT2D eigenvalue weighted by Crippen LogP contribution is 2.20. The average Bonchev–Trinajstić information content (AvgIpc) is 3.23. The minimum atomic E-state index is 0.125. The highest BCUT2D eigenvalue weighted by Gasteiger charge is 2.31. The molecule has 0 aromatic carbocycles. The average molecular weight is 321 g/mol. The zero-order chi connectivity index (χ0) is 15.4. The Morgan fingerprint density at radius 3 is 2.95 bits per heavy atom. The summed E-state index contributed by atoms with van der Waals surface area (Å²) in [5.74, 6) is 0.486. The van der Waals surface area contributed by atoms with Gasteiger partial charge < -0.3 is 10.2 Å². The van der Waals surface area contributed by atoms with Crippen LogP contribution in [0, 0.1) is 5.92 Å². The summed E-state index contributed by atoms with van der Waals surface area (Å²) in [5.41, 5.74) is 0. The highest BCUT2D eigenvalue weighted by molar-refractivity contribution is 7.09. The van der Waals surface area contributed by atoms with Gasteiger partial charge in [0, 0.05) is 30.6 Å². The minimum Gasteiger partial charge on any atom is -0.338 e. The first-order chi connectivity index (χ1) is 10.7. The van der Waals surface area contributed by atoms with Crippen LogP contribution in [0.15, 0.2) is 17.5 Å². The second-order valence-electron chi connectivity index (χ2n) is 6.71. The van der Waals surface area contributed by atoms with Crippen LogP contribution in [-0.2, 0) is 6.42 Å². The van der Waals surface area contributed by atoms with Crippen LogP contribution in [0.25, 0.3) is 0 Å². The summed E-state index contributed by atoms with van der Waals surface area (Å²) in [5, 5.41) is 5.24. The topological polar surface area (TPSA) is 35.6 Å². The van der Waals surface area contributed by atoms with Gasteiger partial charge in [0.05, 0.1) is 0 Å². The van der Waals surface area contributed by atoms with Gasteiger partial charge in [-0.3, -0.25) is 4.90 Å². The van der Waals surface area contributed by atoms with Crippen molar-refractivity contribution in [1.29, 1.82) is 0 Å². The number of carbonyl (C=O) groups is 1. The maximum absolute atomic E-state index is 12.3. The van der Waals surface area contributed by atoms with Crippen LogP contribution in [0.3, 0.4) is 0 Å². The number of hydrogen-bond donors (Lipinski definition) is 1. The van der Waals surface area contributed by atoms with E-state index < -0.39 is 0 Å². The van der Waals surface area contributed by atoms with Crippen molar-refractivity contribution in [3.8, 4) is 0 Å². The molecule has 1 aromatic heterocycles. The number of carbonyl (C=O) groups excluding carboxylic acids is 1. The lowest BCUT2D eigenvalue weighted by molar-refractivity contribution is 0.197. The Hall–Kier alpha value is -1.07. The van der Waals surface area contributed by atoms with Gasteiger partial charge in [-0.2, -0.15) is 0 Å². The minimum absolute atomic E-state index is 0.125. The molecule has 122 valence electrons. The van der Waals surface area contributed by atoms with Gasteiger partial charge in [0.2, 0.25) is 0 Å². The normalized spacial score (nSPS) is 23.9. The molecule has 4 nitrogen and oxygen atoms in total. The molecule has 3 rings (SSSR count). The molecule has 2 amide bonds. The second-order valence-corrected chi connectivity index (χ2v) is 7.74. The second kappa shape index (κ2) is 7.47. The fourth-order valence-corrected chi connectivity index (χ4v) is 4.42. The molecule has 22 heavy (non-hydrogen) atoms. The number of thiophene rings is 1. The highest BCUT2D eigenvalue weighted by atomic mass is 32.1. The molecule has 2 atom stereocenters. The number of rotatable bonds is 5. The molecule has 0 radical (unpaired) electrons. The largest absolute Gasteiger partial charge is 0.338 e. The van der Waals surface area contributed by atoms with E-state index in [1.165, 1.54) is 30.8 Å². The summed E-state index contributed by atoms with van der Waals surface area (Å²) in [6.45, 7) is 7.23. The van der Waals surface area contributed by atoms with Gasteiger partial charge in [0.1, 0.15) is 0 Å². The first-order valence-electron chi connectivity index (χ1n) is 8.51. The Kier molecular flexibility index (Phi) is 5.37. The fourth-order valence-electron chi connectivity index (χ4n) is 3.55. The third-order valence-electron chi connectivity index (χ3n) is 4.84. The maximum Gasteiger partial charge on any atom is 0.317 e. The van der Waals surface area contributed by atoms with Crippen molar-refractivity contribution in [2.45, 2.75) is 38.6 Å². The van der Waals surface area contributed by atoms with Gasteiger partial charge in [0.15, 0.2) is 0 Å². The summed E-state index contributed by atoms with van der Waals surface area (Å²) < 4.78 is 0. The summed E-state index contributed by atoms with van der Waals surface area (Å²) in [6, 6.07) is 4.98. The van der Waals surface area contributed by atoms with Crippen molar-refractivity contribution >= 4 is 17.4 Å². The number of nitrogens with one attached hydrogen (secondary N) is 1. The molecule has 2 aliphatic rings. The molecule has 0 unspecified atom stereocenters. The van der Waals surface area contributed by atoms with Gasteiger partial charge >= 0.3 is 6.03 Å². The fraction of sp³-hybridized carbons (Fsp3) is 0.706. The Labute approximate surface area is 137 Å². The number of hydrogen-bond acceptors (Lipinski definition) is 3. The number of urea groups is 1. The summed E-state index contributed by atoms with van der Waals surface area (Å²) in [4.78, 5) is 18.3. The molecule has 2 saturated heterocycles. The van der Waals surface area contributed by atoms with Crippen LogP contribution >= 0.6 is 11.3 Å². The van der Waals surface area contributed by atoms with Crippen molar-refractivity contribution in [1.82, 2.24) is 15.1 Å². The van der Waals surface area contributed by atoms with Crippen LogP contribution in [0.1, 0.15) is 31.1 Å². The van der Waals surface area contributed by atoms with Crippen molar-refractivity contribution in [2.24, 2.45) is 5.92 Å². The zero-order valence-corrected chi connectivity index (χ0v) is 14.3. The molecule has 0 spiro atoms. The van der Waals surface area contributed by atoms with Crippen molar-refractivity contribution < 1.29 is 4.79 Å². The van der Waals surface area contributed by atoms with E-state index in [2.05, 4.69) is 34.7 Å². The number of likely N-dealkylation sites (tertiary alicyclic amines) is 2. The van der Waals surface area contributed by atoms with Gasteiger partial charge in [-0.25, -0.2) is 4.79 Å². The smallest absolute Gasteiger partial charge is 0.317 e. The van der Waals surface area contributed by atoms with Gasteiger partial charge in [-0.1, -0.05) is 13.0 Å². The molecule has 1 aromatic rings. The molecule has 0 bridgehead atoms. The van der Waals surface area contributed by atoms with Crippen molar-refractivity contribution in [3.63, 3.8) is 0 Å². The van der Waals surface area contributed by atoms with Crippen LogP contribution in [0.5, 0.6) is 0 Å². The molecule has 2 aliphatic heterocycles. The van der Waals surface area contributed by atoms with Gasteiger partial charge in [0.25, 0.3) is 0 Å². The first kappa shape index (κ1) is 15.8. The number of amides is 2. The van der Waals surface area contributed by atoms with Gasteiger partial charge in [-0.15, -0.1) is 11.3 Å². The quantitative estimate of drug-likeness (QED) is 0.905.